The molecule has 1 aromatic rings. The van der Waals surface area contributed by atoms with E-state index in [9.17, 15) is 0 Å². The summed E-state index contributed by atoms with van der Waals surface area (Å²) in [6, 6.07) is 8.74. The van der Waals surface area contributed by atoms with Crippen molar-refractivity contribution >= 4 is 5.96 Å². The van der Waals surface area contributed by atoms with Crippen LogP contribution < -0.4 is 15.4 Å². The van der Waals surface area contributed by atoms with Gasteiger partial charge in [-0.1, -0.05) is 32.0 Å². The molecule has 2 N–H and O–H groups in total. The van der Waals surface area contributed by atoms with Gasteiger partial charge in [-0.3, -0.25) is 4.99 Å². The Morgan fingerprint density at radius 1 is 1.27 bits per heavy atom. The highest BCUT2D eigenvalue weighted by atomic mass is 16.5. The second-order valence-electron chi connectivity index (χ2n) is 6.58. The van der Waals surface area contributed by atoms with Crippen molar-refractivity contribution in [3.8, 4) is 5.75 Å². The fraction of sp³-hybridized carbons (Fsp3) is 0.611. The smallest absolute Gasteiger partial charge is 0.191 e. The Balaban J connectivity index is 2.01. The van der Waals surface area contributed by atoms with Crippen LogP contribution in [0.4, 0.5) is 0 Å². The van der Waals surface area contributed by atoms with Crippen LogP contribution in [0.3, 0.4) is 0 Å². The minimum atomic E-state index is 0.186. The summed E-state index contributed by atoms with van der Waals surface area (Å²) >= 11 is 0. The zero-order valence-electron chi connectivity index (χ0n) is 14.4. The van der Waals surface area contributed by atoms with Gasteiger partial charge in [0.2, 0.25) is 0 Å². The van der Waals surface area contributed by atoms with Gasteiger partial charge in [0.05, 0.1) is 7.11 Å². The van der Waals surface area contributed by atoms with Crippen molar-refractivity contribution in [2.75, 3.05) is 20.7 Å². The number of hydrogen-bond acceptors (Lipinski definition) is 2. The number of nitrogens with one attached hydrogen (secondary N) is 2. The Hall–Kier alpha value is -1.71. The molecule has 0 aliphatic heterocycles. The first-order chi connectivity index (χ1) is 10.5. The lowest BCUT2D eigenvalue weighted by atomic mass is 9.95. The standard InChI is InChI=1S/C18H29N3O/c1-13(2)14(3)21-17(19-4)20-12-18(10-11-18)15-8-6-7-9-16(15)22-5/h6-9,13-14H,10-12H2,1-5H3,(H2,19,20,21). The fourth-order valence-electron chi connectivity index (χ4n) is 2.60. The molecule has 122 valence electrons. The molecule has 1 aromatic carbocycles. The molecule has 0 spiro atoms. The molecule has 4 nitrogen and oxygen atoms in total. The molecule has 1 saturated carbocycles. The monoisotopic (exact) mass is 303 g/mol. The van der Waals surface area contributed by atoms with Gasteiger partial charge in [0.1, 0.15) is 5.75 Å². The van der Waals surface area contributed by atoms with Crippen molar-refractivity contribution in [2.24, 2.45) is 10.9 Å². The highest BCUT2D eigenvalue weighted by Gasteiger charge is 2.46. The van der Waals surface area contributed by atoms with E-state index in [1.807, 2.05) is 19.2 Å². The molecular weight excluding hydrogens is 274 g/mol. The zero-order chi connectivity index (χ0) is 16.2. The quantitative estimate of drug-likeness (QED) is 0.627. The SMILES string of the molecule is CN=C(NCC1(c2ccccc2OC)CC1)NC(C)C(C)C. The third-order valence-corrected chi connectivity index (χ3v) is 4.71. The molecule has 0 saturated heterocycles. The Bertz CT molecular complexity index is 521. The normalized spacial score (nSPS) is 18.0. The number of benzene rings is 1. The Morgan fingerprint density at radius 3 is 2.50 bits per heavy atom. The first-order valence-corrected chi connectivity index (χ1v) is 8.13. The lowest BCUT2D eigenvalue weighted by molar-refractivity contribution is 0.403. The van der Waals surface area contributed by atoms with Crippen LogP contribution in [0.15, 0.2) is 29.3 Å². The number of aliphatic imine (C=N–C) groups is 1. The molecule has 0 radical (unpaired) electrons. The summed E-state index contributed by atoms with van der Waals surface area (Å²) in [7, 11) is 3.57. The Labute approximate surface area is 134 Å². The summed E-state index contributed by atoms with van der Waals surface area (Å²) in [6.07, 6.45) is 2.38. The average molecular weight is 303 g/mol. The number of para-hydroxylation sites is 1. The third kappa shape index (κ3) is 3.73. The molecule has 1 aliphatic carbocycles. The number of hydrogen-bond donors (Lipinski definition) is 2. The van der Waals surface area contributed by atoms with Crippen molar-refractivity contribution in [1.29, 1.82) is 0 Å². The van der Waals surface area contributed by atoms with Gasteiger partial charge in [-0.2, -0.15) is 0 Å². The lowest BCUT2D eigenvalue weighted by Crippen LogP contribution is -2.46. The second-order valence-corrected chi connectivity index (χ2v) is 6.58. The van der Waals surface area contributed by atoms with E-state index in [0.29, 0.717) is 12.0 Å². The van der Waals surface area contributed by atoms with Gasteiger partial charge in [-0.05, 0) is 31.7 Å². The van der Waals surface area contributed by atoms with E-state index in [-0.39, 0.29) is 5.41 Å². The van der Waals surface area contributed by atoms with Crippen molar-refractivity contribution in [3.63, 3.8) is 0 Å². The van der Waals surface area contributed by atoms with Gasteiger partial charge in [0.25, 0.3) is 0 Å². The van der Waals surface area contributed by atoms with Crippen LogP contribution in [0.2, 0.25) is 0 Å². The highest BCUT2D eigenvalue weighted by Crippen LogP contribution is 2.50. The molecule has 22 heavy (non-hydrogen) atoms. The second kappa shape index (κ2) is 7.03. The molecule has 0 bridgehead atoms. The van der Waals surface area contributed by atoms with Crippen LogP contribution in [0.5, 0.6) is 5.75 Å². The van der Waals surface area contributed by atoms with E-state index in [4.69, 9.17) is 4.74 Å². The zero-order valence-corrected chi connectivity index (χ0v) is 14.4. The number of methoxy groups -OCH3 is 1. The molecule has 2 rings (SSSR count). The van der Waals surface area contributed by atoms with Gasteiger partial charge >= 0.3 is 0 Å². The molecule has 0 heterocycles. The summed E-state index contributed by atoms with van der Waals surface area (Å²) in [5.41, 5.74) is 1.49. The van der Waals surface area contributed by atoms with Crippen molar-refractivity contribution < 1.29 is 4.74 Å². The summed E-state index contributed by atoms with van der Waals surface area (Å²) in [5, 5.41) is 6.95. The fourth-order valence-corrected chi connectivity index (χ4v) is 2.60. The van der Waals surface area contributed by atoms with Crippen molar-refractivity contribution in [1.82, 2.24) is 10.6 Å². The molecule has 1 aliphatic rings. The lowest BCUT2D eigenvalue weighted by Gasteiger charge is -2.24. The molecule has 4 heteroatoms. The topological polar surface area (TPSA) is 45.7 Å². The van der Waals surface area contributed by atoms with Crippen LogP contribution in [0, 0.1) is 5.92 Å². The van der Waals surface area contributed by atoms with Gasteiger partial charge in [0.15, 0.2) is 5.96 Å². The predicted molar refractivity (Wildman–Crippen MR) is 92.7 cm³/mol. The number of ether oxygens (including phenoxy) is 1. The van der Waals surface area contributed by atoms with E-state index in [2.05, 4.69) is 48.5 Å². The predicted octanol–water partition coefficient (Wildman–Crippen LogP) is 2.94. The van der Waals surface area contributed by atoms with Crippen molar-refractivity contribution in [2.45, 2.75) is 45.1 Å². The van der Waals surface area contributed by atoms with Gasteiger partial charge in [0, 0.05) is 30.6 Å². The van der Waals surface area contributed by atoms with E-state index in [1.165, 1.54) is 18.4 Å². The molecule has 1 fully saturated rings. The first kappa shape index (κ1) is 16.7. The Morgan fingerprint density at radius 2 is 1.95 bits per heavy atom. The maximum absolute atomic E-state index is 5.53. The number of nitrogens with zero attached hydrogens (tertiary/aromatic N) is 1. The van der Waals surface area contributed by atoms with Gasteiger partial charge in [-0.25, -0.2) is 0 Å². The van der Waals surface area contributed by atoms with Gasteiger partial charge < -0.3 is 15.4 Å². The average Bonchev–Trinajstić information content (AvgIpc) is 3.32. The summed E-state index contributed by atoms with van der Waals surface area (Å²) in [6.45, 7) is 7.49. The highest BCUT2D eigenvalue weighted by molar-refractivity contribution is 5.80. The molecule has 0 aromatic heterocycles. The van der Waals surface area contributed by atoms with E-state index in [0.717, 1.165) is 18.3 Å². The van der Waals surface area contributed by atoms with Crippen LogP contribution in [-0.2, 0) is 5.41 Å². The minimum absolute atomic E-state index is 0.186. The van der Waals surface area contributed by atoms with E-state index < -0.39 is 0 Å². The van der Waals surface area contributed by atoms with E-state index >= 15 is 0 Å². The minimum Gasteiger partial charge on any atom is -0.496 e. The molecule has 0 amide bonds. The van der Waals surface area contributed by atoms with E-state index in [1.54, 1.807) is 7.11 Å². The third-order valence-electron chi connectivity index (χ3n) is 4.71. The van der Waals surface area contributed by atoms with Crippen molar-refractivity contribution in [3.05, 3.63) is 29.8 Å². The molecular formula is C18H29N3O. The number of rotatable bonds is 6. The van der Waals surface area contributed by atoms with Gasteiger partial charge in [-0.15, -0.1) is 0 Å². The largest absolute Gasteiger partial charge is 0.496 e. The molecule has 1 unspecified atom stereocenters. The summed E-state index contributed by atoms with van der Waals surface area (Å²) < 4.78 is 5.53. The molecule has 1 atom stereocenters. The number of guanidine groups is 1. The summed E-state index contributed by atoms with van der Waals surface area (Å²) in [4.78, 5) is 4.34. The van der Waals surface area contributed by atoms with Crippen LogP contribution in [0.1, 0.15) is 39.2 Å². The van der Waals surface area contributed by atoms with Crippen LogP contribution in [0.25, 0.3) is 0 Å². The maximum Gasteiger partial charge on any atom is 0.191 e. The van der Waals surface area contributed by atoms with Crippen LogP contribution >= 0.6 is 0 Å². The van der Waals surface area contributed by atoms with Crippen LogP contribution in [-0.4, -0.2) is 32.7 Å². The maximum atomic E-state index is 5.53. The first-order valence-electron chi connectivity index (χ1n) is 8.13. The summed E-state index contributed by atoms with van der Waals surface area (Å²) in [5.74, 6) is 2.44. The Kier molecular flexibility index (Phi) is 5.33.